The molecule has 138 valence electrons. The summed E-state index contributed by atoms with van der Waals surface area (Å²) in [6.45, 7) is 4.32. The highest BCUT2D eigenvalue weighted by molar-refractivity contribution is 5.95. The number of hydrogen-bond acceptors (Lipinski definition) is 4. The molecule has 1 aromatic carbocycles. The molecule has 1 saturated carbocycles. The van der Waals surface area contributed by atoms with Crippen molar-refractivity contribution in [2.24, 2.45) is 0 Å². The highest BCUT2D eigenvalue weighted by Gasteiger charge is 2.45. The van der Waals surface area contributed by atoms with Gasteiger partial charge in [0.2, 0.25) is 0 Å². The molecule has 4 rings (SSSR count). The summed E-state index contributed by atoms with van der Waals surface area (Å²) in [6.07, 6.45) is 2.07. The first-order chi connectivity index (χ1) is 12.9. The van der Waals surface area contributed by atoms with Gasteiger partial charge in [0.1, 0.15) is 11.3 Å². The van der Waals surface area contributed by atoms with Crippen molar-refractivity contribution in [2.75, 3.05) is 6.54 Å². The summed E-state index contributed by atoms with van der Waals surface area (Å²) in [6, 6.07) is 9.80. The quantitative estimate of drug-likeness (QED) is 0.655. The fourth-order valence-electron chi connectivity index (χ4n) is 3.67. The van der Waals surface area contributed by atoms with Gasteiger partial charge in [-0.3, -0.25) is 19.6 Å². The number of rotatable bonds is 4. The molecule has 0 bridgehead atoms. The first-order valence-electron chi connectivity index (χ1n) is 8.88. The first kappa shape index (κ1) is 17.2. The number of nitrogens with one attached hydrogen (secondary N) is 3. The van der Waals surface area contributed by atoms with Crippen molar-refractivity contribution in [3.63, 3.8) is 0 Å². The zero-order valence-corrected chi connectivity index (χ0v) is 15.2. The van der Waals surface area contributed by atoms with Crippen LogP contribution in [0.25, 0.3) is 11.0 Å². The Balaban J connectivity index is 1.60. The van der Waals surface area contributed by atoms with Gasteiger partial charge in [0.25, 0.3) is 11.5 Å². The van der Waals surface area contributed by atoms with E-state index in [-0.39, 0.29) is 28.0 Å². The smallest absolute Gasteiger partial charge is 0.327 e. The van der Waals surface area contributed by atoms with Gasteiger partial charge in [-0.25, -0.2) is 9.78 Å². The van der Waals surface area contributed by atoms with Crippen molar-refractivity contribution >= 4 is 16.9 Å². The lowest BCUT2D eigenvalue weighted by molar-refractivity contribution is 0.0945. The molecule has 1 aliphatic rings. The number of benzene rings is 1. The second-order valence-corrected chi connectivity index (χ2v) is 7.23. The molecule has 27 heavy (non-hydrogen) atoms. The zero-order chi connectivity index (χ0) is 19.2. The third-order valence-corrected chi connectivity index (χ3v) is 5.29. The number of pyridine rings is 1. The summed E-state index contributed by atoms with van der Waals surface area (Å²) in [5.74, 6) is -0.319. The summed E-state index contributed by atoms with van der Waals surface area (Å²) in [7, 11) is 0. The summed E-state index contributed by atoms with van der Waals surface area (Å²) < 4.78 is 0. The minimum absolute atomic E-state index is 0.0155. The highest BCUT2D eigenvalue weighted by atomic mass is 16.2. The topological polar surface area (TPSA) is 108 Å². The summed E-state index contributed by atoms with van der Waals surface area (Å²) in [4.78, 5) is 44.9. The Morgan fingerprint density at radius 3 is 2.59 bits per heavy atom. The average molecular weight is 364 g/mol. The van der Waals surface area contributed by atoms with Crippen molar-refractivity contribution in [1.29, 1.82) is 0 Å². The van der Waals surface area contributed by atoms with Crippen molar-refractivity contribution in [3.8, 4) is 0 Å². The molecule has 7 nitrogen and oxygen atoms in total. The molecule has 3 N–H and O–H groups in total. The molecule has 1 fully saturated rings. The van der Waals surface area contributed by atoms with Crippen LogP contribution in [-0.2, 0) is 5.41 Å². The van der Waals surface area contributed by atoms with E-state index < -0.39 is 11.2 Å². The van der Waals surface area contributed by atoms with Crippen molar-refractivity contribution in [2.45, 2.75) is 32.1 Å². The van der Waals surface area contributed by atoms with Gasteiger partial charge in [0.15, 0.2) is 0 Å². The van der Waals surface area contributed by atoms with Gasteiger partial charge >= 0.3 is 5.69 Å². The Morgan fingerprint density at radius 2 is 1.89 bits per heavy atom. The fourth-order valence-corrected chi connectivity index (χ4v) is 3.67. The van der Waals surface area contributed by atoms with E-state index in [0.717, 1.165) is 12.8 Å². The lowest BCUT2D eigenvalue weighted by Crippen LogP contribution is -2.33. The van der Waals surface area contributed by atoms with E-state index in [1.807, 2.05) is 12.1 Å². The number of aromatic amines is 2. The third kappa shape index (κ3) is 3.05. The molecule has 2 aromatic heterocycles. The average Bonchev–Trinajstić information content (AvgIpc) is 3.40. The van der Waals surface area contributed by atoms with Crippen LogP contribution in [0.2, 0.25) is 0 Å². The summed E-state index contributed by atoms with van der Waals surface area (Å²) >= 11 is 0. The number of aryl methyl sites for hydroxylation is 2. The second-order valence-electron chi connectivity index (χ2n) is 7.23. The number of carbonyl (C=O) groups excluding carboxylic acids is 1. The van der Waals surface area contributed by atoms with Gasteiger partial charge in [-0.15, -0.1) is 0 Å². The van der Waals surface area contributed by atoms with Crippen LogP contribution >= 0.6 is 0 Å². The van der Waals surface area contributed by atoms with Gasteiger partial charge in [-0.05, 0) is 49.4 Å². The highest BCUT2D eigenvalue weighted by Crippen LogP contribution is 2.48. The number of nitrogens with zero attached hydrogens (tertiary/aromatic N) is 1. The van der Waals surface area contributed by atoms with Crippen molar-refractivity contribution in [3.05, 3.63) is 73.6 Å². The summed E-state index contributed by atoms with van der Waals surface area (Å²) in [5, 5.41) is 3.25. The maximum Gasteiger partial charge on any atom is 0.327 e. The van der Waals surface area contributed by atoms with Crippen LogP contribution in [-0.4, -0.2) is 27.4 Å². The lowest BCUT2D eigenvalue weighted by atomic mass is 9.92. The standard InChI is InChI=1S/C20H20N4O3/c1-11-5-3-4-6-13(11)20(7-8-20)10-21-17(25)14-9-12(2)15-16(22-14)23-19(27)24-18(15)26/h3-6,9H,7-8,10H2,1-2H3,(H,21,25)(H2,22,23,24,26,27). The molecule has 0 spiro atoms. The molecule has 3 aromatic rings. The first-order valence-corrected chi connectivity index (χ1v) is 8.88. The summed E-state index contributed by atoms with van der Waals surface area (Å²) in [5.41, 5.74) is 2.21. The Kier molecular flexibility index (Phi) is 3.95. The molecule has 0 saturated heterocycles. The van der Waals surface area contributed by atoms with E-state index in [4.69, 9.17) is 0 Å². The molecule has 0 aliphatic heterocycles. The Hall–Kier alpha value is -3.22. The molecule has 0 atom stereocenters. The predicted molar refractivity (Wildman–Crippen MR) is 102 cm³/mol. The fraction of sp³-hybridized carbons (Fsp3) is 0.300. The number of amides is 1. The van der Waals surface area contributed by atoms with E-state index in [9.17, 15) is 14.4 Å². The number of H-pyrrole nitrogens is 2. The monoisotopic (exact) mass is 364 g/mol. The molecule has 0 unspecified atom stereocenters. The SMILES string of the molecule is Cc1ccccc1C1(CNC(=O)c2cc(C)c3c(=O)[nH]c(=O)[nH]c3n2)CC1. The number of carbonyl (C=O) groups is 1. The maximum absolute atomic E-state index is 12.6. The number of fused-ring (bicyclic) bond motifs is 1. The predicted octanol–water partition coefficient (Wildman–Crippen LogP) is 1.69. The van der Waals surface area contributed by atoms with Gasteiger partial charge in [-0.1, -0.05) is 24.3 Å². The van der Waals surface area contributed by atoms with E-state index in [1.165, 1.54) is 11.1 Å². The molecule has 2 heterocycles. The van der Waals surface area contributed by atoms with Crippen molar-refractivity contribution < 1.29 is 4.79 Å². The van der Waals surface area contributed by atoms with Crippen LogP contribution in [0.1, 0.15) is 40.0 Å². The Morgan fingerprint density at radius 1 is 1.15 bits per heavy atom. The maximum atomic E-state index is 12.6. The van der Waals surface area contributed by atoms with E-state index in [2.05, 4.69) is 39.3 Å². The van der Waals surface area contributed by atoms with Crippen LogP contribution in [0, 0.1) is 13.8 Å². The lowest BCUT2D eigenvalue weighted by Gasteiger charge is -2.19. The van der Waals surface area contributed by atoms with E-state index in [0.29, 0.717) is 12.1 Å². The van der Waals surface area contributed by atoms with Crippen LogP contribution in [0.4, 0.5) is 0 Å². The molecule has 7 heteroatoms. The molecule has 1 amide bonds. The van der Waals surface area contributed by atoms with Crippen LogP contribution in [0.5, 0.6) is 0 Å². The van der Waals surface area contributed by atoms with Crippen LogP contribution < -0.4 is 16.6 Å². The van der Waals surface area contributed by atoms with Crippen molar-refractivity contribution in [1.82, 2.24) is 20.3 Å². The number of aromatic nitrogens is 3. The van der Waals surface area contributed by atoms with Crippen LogP contribution in [0.15, 0.2) is 39.9 Å². The number of hydrogen-bond donors (Lipinski definition) is 3. The third-order valence-electron chi connectivity index (χ3n) is 5.29. The normalized spacial score (nSPS) is 14.9. The van der Waals surface area contributed by atoms with Gasteiger partial charge in [-0.2, -0.15) is 0 Å². The minimum atomic E-state index is -0.645. The van der Waals surface area contributed by atoms with Gasteiger partial charge in [0.05, 0.1) is 5.39 Å². The molecule has 0 radical (unpaired) electrons. The van der Waals surface area contributed by atoms with Crippen LogP contribution in [0.3, 0.4) is 0 Å². The van der Waals surface area contributed by atoms with E-state index in [1.54, 1.807) is 13.0 Å². The molecular formula is C20H20N4O3. The second kappa shape index (κ2) is 6.19. The Labute approximate surface area is 154 Å². The van der Waals surface area contributed by atoms with Gasteiger partial charge in [0, 0.05) is 12.0 Å². The minimum Gasteiger partial charge on any atom is -0.350 e. The largest absolute Gasteiger partial charge is 0.350 e. The van der Waals surface area contributed by atoms with Gasteiger partial charge < -0.3 is 5.32 Å². The zero-order valence-electron chi connectivity index (χ0n) is 15.2. The molecule has 1 aliphatic carbocycles. The van der Waals surface area contributed by atoms with E-state index >= 15 is 0 Å². The Bertz CT molecular complexity index is 1170. The molecular weight excluding hydrogens is 344 g/mol.